The Morgan fingerprint density at radius 3 is 2.25 bits per heavy atom. The third-order valence-corrected chi connectivity index (χ3v) is 3.53. The summed E-state index contributed by atoms with van der Waals surface area (Å²) in [5.74, 6) is -3.89. The number of piperidine rings is 1. The van der Waals surface area contributed by atoms with E-state index in [1.165, 1.54) is 4.90 Å². The molecule has 1 amide bonds. The van der Waals surface area contributed by atoms with E-state index in [1.54, 1.807) is 0 Å². The average Bonchev–Trinajstić information content (AvgIpc) is 2.40. The van der Waals surface area contributed by atoms with Crippen LogP contribution < -0.4 is 0 Å². The number of halogens is 5. The number of hydrogen-bond donors (Lipinski definition) is 0. The Kier molecular flexibility index (Phi) is 3.96. The first-order chi connectivity index (χ1) is 9.34. The molecule has 1 aromatic rings. The van der Waals surface area contributed by atoms with Crippen LogP contribution in [0.25, 0.3) is 0 Å². The van der Waals surface area contributed by atoms with Crippen LogP contribution in [0.3, 0.4) is 0 Å². The summed E-state index contributed by atoms with van der Waals surface area (Å²) in [4.78, 5) is 12.0. The van der Waals surface area contributed by atoms with Gasteiger partial charge in [0.25, 0.3) is 0 Å². The van der Waals surface area contributed by atoms with Gasteiger partial charge in [0.1, 0.15) is 0 Å². The lowest BCUT2D eigenvalue weighted by molar-refractivity contribution is -0.141. The van der Waals surface area contributed by atoms with E-state index < -0.39 is 29.3 Å². The van der Waals surface area contributed by atoms with E-state index in [0.29, 0.717) is 38.4 Å². The van der Waals surface area contributed by atoms with Gasteiger partial charge in [-0.3, -0.25) is 4.79 Å². The molecule has 0 N–H and O–H groups in total. The molecule has 0 radical (unpaired) electrons. The standard InChI is InChI=1S/C13H12F5NO/c14-10-2-1-9(11(12(10)15)13(16,17)18)8-3-5-19(7-20)6-4-8/h1-2,7-8H,3-6H2. The van der Waals surface area contributed by atoms with Gasteiger partial charge < -0.3 is 4.90 Å². The van der Waals surface area contributed by atoms with Crippen LogP contribution in [-0.4, -0.2) is 24.4 Å². The minimum absolute atomic E-state index is 0.234. The molecule has 7 heteroatoms. The fourth-order valence-corrected chi connectivity index (χ4v) is 2.51. The topological polar surface area (TPSA) is 20.3 Å². The first-order valence-electron chi connectivity index (χ1n) is 6.09. The van der Waals surface area contributed by atoms with Gasteiger partial charge in [0, 0.05) is 13.1 Å². The van der Waals surface area contributed by atoms with Gasteiger partial charge in [-0.05, 0) is 30.4 Å². The molecule has 2 nitrogen and oxygen atoms in total. The van der Waals surface area contributed by atoms with Crippen molar-refractivity contribution < 1.29 is 26.7 Å². The quantitative estimate of drug-likeness (QED) is 0.605. The predicted molar refractivity (Wildman–Crippen MR) is 61.0 cm³/mol. The number of carbonyl (C=O) groups is 1. The number of hydrogen-bond acceptors (Lipinski definition) is 1. The molecule has 1 fully saturated rings. The maximum atomic E-state index is 13.5. The molecular formula is C13H12F5NO. The van der Waals surface area contributed by atoms with Gasteiger partial charge >= 0.3 is 6.18 Å². The highest BCUT2D eigenvalue weighted by Crippen LogP contribution is 2.40. The highest BCUT2D eigenvalue weighted by atomic mass is 19.4. The molecule has 0 bridgehead atoms. The molecule has 1 aliphatic heterocycles. The third kappa shape index (κ3) is 2.76. The molecule has 0 saturated carbocycles. The van der Waals surface area contributed by atoms with E-state index in [0.717, 1.165) is 6.07 Å². The van der Waals surface area contributed by atoms with Crippen LogP contribution in [0.2, 0.25) is 0 Å². The van der Waals surface area contributed by atoms with Gasteiger partial charge in [0.2, 0.25) is 6.41 Å². The summed E-state index contributed by atoms with van der Waals surface area (Å²) in [5.41, 5.74) is -1.76. The van der Waals surface area contributed by atoms with Crippen molar-refractivity contribution >= 4 is 6.41 Å². The van der Waals surface area contributed by atoms with Gasteiger partial charge in [-0.2, -0.15) is 13.2 Å². The number of nitrogens with zero attached hydrogens (tertiary/aromatic N) is 1. The van der Waals surface area contributed by atoms with E-state index in [9.17, 15) is 26.7 Å². The van der Waals surface area contributed by atoms with Crippen LogP contribution in [-0.2, 0) is 11.0 Å². The summed E-state index contributed by atoms with van der Waals surface area (Å²) in [7, 11) is 0. The summed E-state index contributed by atoms with van der Waals surface area (Å²) in [6.07, 6.45) is -3.71. The molecule has 0 aliphatic carbocycles. The van der Waals surface area contributed by atoms with Crippen molar-refractivity contribution in [3.63, 3.8) is 0 Å². The van der Waals surface area contributed by atoms with Crippen LogP contribution in [0.5, 0.6) is 0 Å². The Hall–Kier alpha value is -1.66. The summed E-state index contributed by atoms with van der Waals surface area (Å²) in [6.45, 7) is 0.620. The molecule has 20 heavy (non-hydrogen) atoms. The molecule has 2 rings (SSSR count). The van der Waals surface area contributed by atoms with E-state index in [2.05, 4.69) is 0 Å². The Bertz CT molecular complexity index is 506. The molecule has 0 aromatic heterocycles. The predicted octanol–water partition coefficient (Wildman–Crippen LogP) is 3.32. The molecule has 110 valence electrons. The van der Waals surface area contributed by atoms with Crippen LogP contribution in [0, 0.1) is 11.6 Å². The summed E-state index contributed by atoms with van der Waals surface area (Å²) >= 11 is 0. The van der Waals surface area contributed by atoms with E-state index in [-0.39, 0.29) is 5.56 Å². The number of likely N-dealkylation sites (tertiary alicyclic amines) is 1. The average molecular weight is 293 g/mol. The SMILES string of the molecule is O=CN1CCC(c2ccc(F)c(F)c2C(F)(F)F)CC1. The second kappa shape index (κ2) is 5.38. The van der Waals surface area contributed by atoms with Crippen LogP contribution in [0.1, 0.15) is 29.9 Å². The molecule has 0 spiro atoms. The highest BCUT2D eigenvalue weighted by Gasteiger charge is 2.40. The van der Waals surface area contributed by atoms with Crippen molar-refractivity contribution in [1.82, 2.24) is 4.90 Å². The van der Waals surface area contributed by atoms with Crippen molar-refractivity contribution in [3.05, 3.63) is 34.9 Å². The van der Waals surface area contributed by atoms with Crippen molar-refractivity contribution in [1.29, 1.82) is 0 Å². The maximum absolute atomic E-state index is 13.5. The van der Waals surface area contributed by atoms with Crippen molar-refractivity contribution in [3.8, 4) is 0 Å². The lowest BCUT2D eigenvalue weighted by Crippen LogP contribution is -2.32. The second-order valence-electron chi connectivity index (χ2n) is 4.74. The van der Waals surface area contributed by atoms with Crippen molar-refractivity contribution in [2.24, 2.45) is 0 Å². The Morgan fingerprint density at radius 1 is 1.15 bits per heavy atom. The zero-order chi connectivity index (χ0) is 14.9. The number of alkyl halides is 3. The third-order valence-electron chi connectivity index (χ3n) is 3.53. The Balaban J connectivity index is 2.37. The minimum atomic E-state index is -4.94. The summed E-state index contributed by atoms with van der Waals surface area (Å²) < 4.78 is 65.3. The van der Waals surface area contributed by atoms with Crippen LogP contribution >= 0.6 is 0 Å². The molecule has 1 heterocycles. The fourth-order valence-electron chi connectivity index (χ4n) is 2.51. The number of rotatable bonds is 2. The van der Waals surface area contributed by atoms with E-state index >= 15 is 0 Å². The second-order valence-corrected chi connectivity index (χ2v) is 4.74. The van der Waals surface area contributed by atoms with Gasteiger partial charge in [-0.25, -0.2) is 8.78 Å². The van der Waals surface area contributed by atoms with Crippen LogP contribution in [0.15, 0.2) is 12.1 Å². The first-order valence-corrected chi connectivity index (χ1v) is 6.09. The number of carbonyl (C=O) groups excluding carboxylic acids is 1. The van der Waals surface area contributed by atoms with Crippen molar-refractivity contribution in [2.45, 2.75) is 24.9 Å². The normalized spacial score (nSPS) is 17.4. The summed E-state index contributed by atoms with van der Waals surface area (Å²) in [5, 5.41) is 0. The zero-order valence-corrected chi connectivity index (χ0v) is 10.4. The van der Waals surface area contributed by atoms with E-state index in [1.807, 2.05) is 0 Å². The minimum Gasteiger partial charge on any atom is -0.345 e. The molecule has 1 saturated heterocycles. The molecule has 1 aliphatic rings. The lowest BCUT2D eigenvalue weighted by atomic mass is 9.86. The van der Waals surface area contributed by atoms with Crippen LogP contribution in [0.4, 0.5) is 22.0 Å². The largest absolute Gasteiger partial charge is 0.419 e. The first kappa shape index (κ1) is 14.7. The Morgan fingerprint density at radius 2 is 1.75 bits per heavy atom. The van der Waals surface area contributed by atoms with E-state index in [4.69, 9.17) is 0 Å². The number of benzene rings is 1. The van der Waals surface area contributed by atoms with Gasteiger partial charge in [0.15, 0.2) is 11.6 Å². The molecule has 0 unspecified atom stereocenters. The molecular weight excluding hydrogens is 281 g/mol. The fraction of sp³-hybridized carbons (Fsp3) is 0.462. The molecule has 1 aromatic carbocycles. The smallest absolute Gasteiger partial charge is 0.345 e. The number of amides is 1. The van der Waals surface area contributed by atoms with Gasteiger partial charge in [-0.1, -0.05) is 6.07 Å². The van der Waals surface area contributed by atoms with Crippen molar-refractivity contribution in [2.75, 3.05) is 13.1 Å². The maximum Gasteiger partial charge on any atom is 0.419 e. The molecule has 0 atom stereocenters. The summed E-state index contributed by atoms with van der Waals surface area (Å²) in [6, 6.07) is 1.70. The van der Waals surface area contributed by atoms with Gasteiger partial charge in [0.05, 0.1) is 5.56 Å². The lowest BCUT2D eigenvalue weighted by Gasteiger charge is -2.31. The monoisotopic (exact) mass is 293 g/mol. The Labute approximate surface area is 112 Å². The highest BCUT2D eigenvalue weighted by molar-refractivity contribution is 5.47. The zero-order valence-electron chi connectivity index (χ0n) is 10.4. The van der Waals surface area contributed by atoms with Gasteiger partial charge in [-0.15, -0.1) is 0 Å².